The quantitative estimate of drug-likeness (QED) is 0.477. The van der Waals surface area contributed by atoms with E-state index in [4.69, 9.17) is 0 Å². The number of amides is 1. The molecule has 0 aliphatic carbocycles. The van der Waals surface area contributed by atoms with E-state index in [0.29, 0.717) is 13.0 Å². The van der Waals surface area contributed by atoms with E-state index in [2.05, 4.69) is 5.32 Å². The zero-order chi connectivity index (χ0) is 14.9. The Balaban J connectivity index is 2.40. The highest BCUT2D eigenvalue weighted by molar-refractivity contribution is 7.90. The number of hydrogen-bond donors (Lipinski definition) is 1. The monoisotopic (exact) mass is 299 g/mol. The van der Waals surface area contributed by atoms with Crippen LogP contribution in [0.15, 0.2) is 23.1 Å². The fourth-order valence-electron chi connectivity index (χ4n) is 2.00. The number of rotatable bonds is 5. The Morgan fingerprint density at radius 1 is 1.40 bits per heavy atom. The molecule has 0 saturated carbocycles. The minimum absolute atomic E-state index is 0.0138. The molecule has 0 unspecified atom stereocenters. The van der Waals surface area contributed by atoms with E-state index in [-0.39, 0.29) is 22.7 Å². The summed E-state index contributed by atoms with van der Waals surface area (Å²) in [7, 11) is -2.26. The predicted octanol–water partition coefficient (Wildman–Crippen LogP) is 0.349. The molecule has 0 saturated heterocycles. The van der Waals surface area contributed by atoms with Gasteiger partial charge in [-0.2, -0.15) is 0 Å². The molecule has 1 aromatic carbocycles. The van der Waals surface area contributed by atoms with Crippen molar-refractivity contribution in [3.8, 4) is 0 Å². The van der Waals surface area contributed by atoms with Gasteiger partial charge < -0.3 is 5.32 Å². The summed E-state index contributed by atoms with van der Waals surface area (Å²) in [5, 5.41) is 13.5. The van der Waals surface area contributed by atoms with Crippen LogP contribution in [-0.2, 0) is 10.0 Å². The van der Waals surface area contributed by atoms with Crippen LogP contribution < -0.4 is 5.32 Å². The summed E-state index contributed by atoms with van der Waals surface area (Å²) in [4.78, 5) is 21.8. The topological polar surface area (TPSA) is 110 Å². The van der Waals surface area contributed by atoms with Gasteiger partial charge in [-0.1, -0.05) is 0 Å². The molecule has 1 amide bonds. The van der Waals surface area contributed by atoms with Crippen molar-refractivity contribution in [2.45, 2.75) is 11.3 Å². The first-order valence-electron chi connectivity index (χ1n) is 5.89. The van der Waals surface area contributed by atoms with E-state index < -0.39 is 20.9 Å². The second-order valence-electron chi connectivity index (χ2n) is 4.28. The number of carbonyl (C=O) groups excluding carboxylic acids is 1. The zero-order valence-corrected chi connectivity index (χ0v) is 11.5. The van der Waals surface area contributed by atoms with E-state index in [1.807, 2.05) is 0 Å². The molecule has 1 aliphatic heterocycles. The van der Waals surface area contributed by atoms with Crippen LogP contribution in [0, 0.1) is 10.1 Å². The lowest BCUT2D eigenvalue weighted by Crippen LogP contribution is -2.32. The molecule has 2 rings (SSSR count). The molecule has 0 radical (unpaired) electrons. The van der Waals surface area contributed by atoms with Gasteiger partial charge in [-0.15, -0.1) is 0 Å². The molecule has 8 nitrogen and oxygen atoms in total. The Hall–Kier alpha value is -2.00. The molecule has 0 bridgehead atoms. The normalized spacial score (nSPS) is 16.2. The van der Waals surface area contributed by atoms with Gasteiger partial charge in [-0.05, 0) is 26.1 Å². The number of nitrogens with one attached hydrogen (secondary N) is 1. The third-order valence-electron chi connectivity index (χ3n) is 2.99. The van der Waals surface area contributed by atoms with E-state index in [1.165, 1.54) is 6.07 Å². The van der Waals surface area contributed by atoms with Crippen molar-refractivity contribution >= 4 is 21.6 Å². The van der Waals surface area contributed by atoms with Crippen molar-refractivity contribution in [3.05, 3.63) is 33.9 Å². The second kappa shape index (κ2) is 5.17. The molecule has 0 spiro atoms. The summed E-state index contributed by atoms with van der Waals surface area (Å²) in [6.07, 6.45) is 0.470. The lowest BCUT2D eigenvalue weighted by Gasteiger charge is -2.14. The van der Waals surface area contributed by atoms with Gasteiger partial charge in [0.15, 0.2) is 0 Å². The number of benzene rings is 1. The highest BCUT2D eigenvalue weighted by atomic mass is 32.2. The summed E-state index contributed by atoms with van der Waals surface area (Å²) < 4.78 is 25.2. The molecule has 0 atom stereocenters. The largest absolute Gasteiger partial charge is 0.320 e. The van der Waals surface area contributed by atoms with Gasteiger partial charge in [-0.3, -0.25) is 14.9 Å². The molecule has 0 fully saturated rings. The number of hydrogen-bond acceptors (Lipinski definition) is 6. The van der Waals surface area contributed by atoms with Crippen LogP contribution in [0.2, 0.25) is 0 Å². The van der Waals surface area contributed by atoms with Crippen LogP contribution in [0.1, 0.15) is 16.8 Å². The van der Waals surface area contributed by atoms with Gasteiger partial charge in [0.2, 0.25) is 0 Å². The molecule has 1 aliphatic rings. The Bertz CT molecular complexity index is 671. The number of sulfonamides is 1. The van der Waals surface area contributed by atoms with Crippen molar-refractivity contribution in [2.75, 3.05) is 20.1 Å². The van der Waals surface area contributed by atoms with Crippen molar-refractivity contribution in [1.29, 1.82) is 0 Å². The lowest BCUT2D eigenvalue weighted by atomic mass is 10.2. The highest BCUT2D eigenvalue weighted by Crippen LogP contribution is 2.32. The summed E-state index contributed by atoms with van der Waals surface area (Å²) in [6, 6.07) is 3.25. The molecule has 0 aromatic heterocycles. The smallest absolute Gasteiger partial charge is 0.270 e. The van der Waals surface area contributed by atoms with E-state index in [0.717, 1.165) is 16.4 Å². The average molecular weight is 299 g/mol. The number of non-ortho nitro benzene ring substituents is 1. The maximum absolute atomic E-state index is 12.2. The van der Waals surface area contributed by atoms with Crippen LogP contribution in [0.5, 0.6) is 0 Å². The van der Waals surface area contributed by atoms with Gasteiger partial charge in [0.25, 0.3) is 21.6 Å². The third-order valence-corrected chi connectivity index (χ3v) is 4.81. The van der Waals surface area contributed by atoms with Gasteiger partial charge in [-0.25, -0.2) is 12.7 Å². The standard InChI is InChI=1S/C11H13N3O5S/c1-12-5-2-6-13-11(15)9-4-3-8(14(16)17)7-10(9)20(13,18)19/h3-4,7,12H,2,5-6H2,1H3. The molecule has 1 heterocycles. The van der Waals surface area contributed by atoms with Crippen LogP contribution >= 0.6 is 0 Å². The number of nitrogens with zero attached hydrogens (tertiary/aromatic N) is 2. The van der Waals surface area contributed by atoms with Gasteiger partial charge in [0.05, 0.1) is 10.5 Å². The summed E-state index contributed by atoms with van der Waals surface area (Å²) >= 11 is 0. The molecule has 9 heteroatoms. The third kappa shape index (κ3) is 2.25. The first-order chi connectivity index (χ1) is 9.39. The van der Waals surface area contributed by atoms with Crippen molar-refractivity contribution in [1.82, 2.24) is 9.62 Å². The first kappa shape index (κ1) is 14.4. The molecule has 1 N–H and O–H groups in total. The Kier molecular flexibility index (Phi) is 3.73. The van der Waals surface area contributed by atoms with Gasteiger partial charge in [0, 0.05) is 18.7 Å². The van der Waals surface area contributed by atoms with Crippen molar-refractivity contribution in [3.63, 3.8) is 0 Å². The van der Waals surface area contributed by atoms with Crippen LogP contribution in [-0.4, -0.2) is 43.7 Å². The molecular weight excluding hydrogens is 286 g/mol. The van der Waals surface area contributed by atoms with Crippen molar-refractivity contribution in [2.24, 2.45) is 0 Å². The number of nitro groups is 1. The van der Waals surface area contributed by atoms with Crippen LogP contribution in [0.4, 0.5) is 5.69 Å². The van der Waals surface area contributed by atoms with Crippen LogP contribution in [0.25, 0.3) is 0 Å². The summed E-state index contributed by atoms with van der Waals surface area (Å²) in [6.45, 7) is 0.611. The first-order valence-corrected chi connectivity index (χ1v) is 7.33. The predicted molar refractivity (Wildman–Crippen MR) is 69.9 cm³/mol. The number of fused-ring (bicyclic) bond motifs is 1. The fourth-order valence-corrected chi connectivity index (χ4v) is 3.62. The Morgan fingerprint density at radius 3 is 2.70 bits per heavy atom. The molecule has 1 aromatic rings. The van der Waals surface area contributed by atoms with Gasteiger partial charge >= 0.3 is 0 Å². The van der Waals surface area contributed by atoms with E-state index >= 15 is 0 Å². The van der Waals surface area contributed by atoms with Crippen molar-refractivity contribution < 1.29 is 18.1 Å². The summed E-state index contributed by atoms with van der Waals surface area (Å²) in [5.41, 5.74) is -0.364. The molecule has 20 heavy (non-hydrogen) atoms. The van der Waals surface area contributed by atoms with Crippen LogP contribution in [0.3, 0.4) is 0 Å². The highest BCUT2D eigenvalue weighted by Gasteiger charge is 2.41. The molecular formula is C11H13N3O5S. The fraction of sp³-hybridized carbons (Fsp3) is 0.364. The van der Waals surface area contributed by atoms with E-state index in [9.17, 15) is 23.3 Å². The van der Waals surface area contributed by atoms with Gasteiger partial charge in [0.1, 0.15) is 4.90 Å². The SMILES string of the molecule is CNCCCN1C(=O)c2ccc([N+](=O)[O-])cc2S1(=O)=O. The maximum Gasteiger partial charge on any atom is 0.270 e. The minimum Gasteiger partial charge on any atom is -0.320 e. The second-order valence-corrected chi connectivity index (χ2v) is 6.11. The number of nitro benzene ring substituents is 1. The summed E-state index contributed by atoms with van der Waals surface area (Å²) in [5.74, 6) is -0.633. The lowest BCUT2D eigenvalue weighted by molar-refractivity contribution is -0.385. The minimum atomic E-state index is -3.98. The zero-order valence-electron chi connectivity index (χ0n) is 10.7. The van der Waals surface area contributed by atoms with E-state index in [1.54, 1.807) is 7.05 Å². The Labute approximate surface area is 115 Å². The maximum atomic E-state index is 12.2. The Morgan fingerprint density at radius 2 is 2.10 bits per heavy atom. The molecule has 108 valence electrons. The number of carbonyl (C=O) groups is 1. The average Bonchev–Trinajstić information content (AvgIpc) is 2.59.